The van der Waals surface area contributed by atoms with E-state index >= 15 is 0 Å². The Balaban J connectivity index is 1.50. The number of aromatic nitrogens is 2. The molecule has 2 amide bonds. The number of aliphatic hydroxyl groups excluding tert-OH is 1. The van der Waals surface area contributed by atoms with Gasteiger partial charge in [0.25, 0.3) is 0 Å². The van der Waals surface area contributed by atoms with E-state index in [9.17, 15) is 14.7 Å². The molecule has 9 heteroatoms. The number of likely N-dealkylation sites (tertiary alicyclic amines) is 1. The standard InChI is InChI=1S/C10H16N4O5/c15-8-2-1-5-11(6-8)13-14(19-13)18-7-12-9(16)3-4-10(12)17/h8,15H,1-7H2. The fraction of sp³-hybridized carbons (Fsp3) is 0.800. The minimum absolute atomic E-state index is 0.148. The molecule has 1 aromatic rings. The Labute approximate surface area is 108 Å². The number of piperidine rings is 1. The fourth-order valence-corrected chi connectivity index (χ4v) is 2.24. The highest BCUT2D eigenvalue weighted by atomic mass is 17.0. The Morgan fingerprint density at radius 3 is 2.74 bits per heavy atom. The zero-order valence-electron chi connectivity index (χ0n) is 10.4. The Hall–Kier alpha value is -1.90. The number of amides is 2. The van der Waals surface area contributed by atoms with Crippen molar-refractivity contribution >= 4 is 11.8 Å². The molecule has 2 fully saturated rings. The summed E-state index contributed by atoms with van der Waals surface area (Å²) in [7, 11) is 0. The van der Waals surface area contributed by atoms with Crippen LogP contribution in [0.3, 0.4) is 0 Å². The van der Waals surface area contributed by atoms with Crippen LogP contribution in [0.4, 0.5) is 0 Å². The molecule has 1 atom stereocenters. The number of aliphatic hydroxyl groups is 1. The summed E-state index contributed by atoms with van der Waals surface area (Å²) < 4.78 is 5.05. The van der Waals surface area contributed by atoms with Crippen LogP contribution >= 0.6 is 0 Å². The average molecular weight is 272 g/mol. The van der Waals surface area contributed by atoms with E-state index in [1.54, 1.807) is 5.01 Å². The number of carbonyl (C=O) groups is 2. The highest BCUT2D eigenvalue weighted by Gasteiger charge is 2.31. The molecular formula is C10H16N4O5. The van der Waals surface area contributed by atoms with Crippen molar-refractivity contribution in [1.82, 2.24) is 14.9 Å². The molecule has 0 aliphatic carbocycles. The van der Waals surface area contributed by atoms with Crippen molar-refractivity contribution in [2.75, 3.05) is 24.8 Å². The molecule has 1 unspecified atom stereocenters. The lowest BCUT2D eigenvalue weighted by atomic mass is 10.1. The van der Waals surface area contributed by atoms with Gasteiger partial charge >= 0.3 is 0 Å². The lowest BCUT2D eigenvalue weighted by molar-refractivity contribution is -0.146. The van der Waals surface area contributed by atoms with Crippen molar-refractivity contribution in [3.05, 3.63) is 0 Å². The van der Waals surface area contributed by atoms with Crippen molar-refractivity contribution in [2.45, 2.75) is 31.8 Å². The van der Waals surface area contributed by atoms with Gasteiger partial charge in [0, 0.05) is 24.3 Å². The molecule has 19 heavy (non-hydrogen) atoms. The van der Waals surface area contributed by atoms with Crippen LogP contribution in [-0.2, 0) is 9.59 Å². The summed E-state index contributed by atoms with van der Waals surface area (Å²) in [6.07, 6.45) is 1.76. The third kappa shape index (κ3) is 2.46. The average Bonchev–Trinajstić information content (AvgIpc) is 3.09. The van der Waals surface area contributed by atoms with E-state index in [-0.39, 0.29) is 37.5 Å². The molecule has 106 valence electrons. The van der Waals surface area contributed by atoms with Crippen molar-refractivity contribution in [3.63, 3.8) is 0 Å². The maximum Gasteiger partial charge on any atom is 0.232 e. The molecule has 9 nitrogen and oxygen atoms in total. The molecule has 0 radical (unpaired) electrons. The van der Waals surface area contributed by atoms with Gasteiger partial charge in [-0.3, -0.25) is 14.6 Å². The minimum Gasteiger partial charge on any atom is -0.391 e. The molecule has 0 spiro atoms. The molecule has 2 aliphatic heterocycles. The van der Waals surface area contributed by atoms with E-state index in [1.807, 2.05) is 0 Å². The Bertz CT molecular complexity index is 459. The lowest BCUT2D eigenvalue weighted by Gasteiger charge is -2.26. The third-order valence-electron chi connectivity index (χ3n) is 3.33. The van der Waals surface area contributed by atoms with Crippen LogP contribution in [0.2, 0.25) is 0 Å². The van der Waals surface area contributed by atoms with Crippen LogP contribution in [0.1, 0.15) is 25.7 Å². The van der Waals surface area contributed by atoms with Gasteiger partial charge in [-0.2, -0.15) is 4.63 Å². The van der Waals surface area contributed by atoms with E-state index in [1.165, 1.54) is 4.96 Å². The number of hydrogen-bond donors (Lipinski definition) is 1. The number of carbonyl (C=O) groups excluding carboxylic acids is 2. The summed E-state index contributed by atoms with van der Waals surface area (Å²) in [6, 6.07) is 0. The first-order valence-electron chi connectivity index (χ1n) is 6.32. The largest absolute Gasteiger partial charge is 0.391 e. The van der Waals surface area contributed by atoms with Gasteiger partial charge in [0.05, 0.1) is 12.6 Å². The Morgan fingerprint density at radius 2 is 2.05 bits per heavy atom. The summed E-state index contributed by atoms with van der Waals surface area (Å²) >= 11 is 0. The van der Waals surface area contributed by atoms with Crippen LogP contribution in [0.25, 0.3) is 0 Å². The van der Waals surface area contributed by atoms with Crippen LogP contribution in [0, 0.1) is 0 Å². The summed E-state index contributed by atoms with van der Waals surface area (Å²) in [5, 5.41) is 12.4. The molecule has 0 aromatic carbocycles. The molecule has 2 saturated heterocycles. The zero-order valence-corrected chi connectivity index (χ0v) is 10.4. The number of imide groups is 1. The summed E-state index contributed by atoms with van der Waals surface area (Å²) in [5.41, 5.74) is 0. The lowest BCUT2D eigenvalue weighted by Crippen LogP contribution is -2.44. The van der Waals surface area contributed by atoms with Crippen molar-refractivity contribution in [2.24, 2.45) is 0 Å². The normalized spacial score (nSPS) is 24.6. The van der Waals surface area contributed by atoms with Crippen LogP contribution in [-0.4, -0.2) is 57.7 Å². The summed E-state index contributed by atoms with van der Waals surface area (Å²) in [4.78, 5) is 30.3. The first kappa shape index (κ1) is 12.2. The topological polar surface area (TPSA) is 93.1 Å². The monoisotopic (exact) mass is 272 g/mol. The second kappa shape index (κ2) is 4.65. The highest BCUT2D eigenvalue weighted by Crippen LogP contribution is 2.13. The Kier molecular flexibility index (Phi) is 2.97. The predicted octanol–water partition coefficient (Wildman–Crippen LogP) is -1.49. The Morgan fingerprint density at radius 1 is 1.32 bits per heavy atom. The van der Waals surface area contributed by atoms with E-state index in [0.29, 0.717) is 6.54 Å². The molecule has 1 aromatic heterocycles. The van der Waals surface area contributed by atoms with Gasteiger partial charge in [-0.1, -0.05) is 0 Å². The van der Waals surface area contributed by atoms with E-state index in [2.05, 4.69) is 0 Å². The van der Waals surface area contributed by atoms with Crippen molar-refractivity contribution in [3.8, 4) is 0 Å². The number of rotatable bonds is 4. The van der Waals surface area contributed by atoms with Crippen LogP contribution < -0.4 is 9.85 Å². The van der Waals surface area contributed by atoms with Gasteiger partial charge in [-0.25, -0.2) is 4.90 Å². The molecule has 3 heterocycles. The fourth-order valence-electron chi connectivity index (χ4n) is 2.24. The first-order valence-corrected chi connectivity index (χ1v) is 6.32. The van der Waals surface area contributed by atoms with Gasteiger partial charge in [0.15, 0.2) is 0 Å². The second-order valence-electron chi connectivity index (χ2n) is 4.75. The van der Waals surface area contributed by atoms with E-state index < -0.39 is 0 Å². The van der Waals surface area contributed by atoms with Gasteiger partial charge in [-0.05, 0) is 12.8 Å². The van der Waals surface area contributed by atoms with Crippen molar-refractivity contribution in [1.29, 1.82) is 0 Å². The maximum atomic E-state index is 11.4. The number of hydrogen-bond acceptors (Lipinski definition) is 6. The molecule has 2 aliphatic rings. The molecule has 0 bridgehead atoms. The van der Waals surface area contributed by atoms with Gasteiger partial charge < -0.3 is 9.94 Å². The molecule has 0 saturated carbocycles. The van der Waals surface area contributed by atoms with Crippen LogP contribution in [0.15, 0.2) is 4.63 Å². The van der Waals surface area contributed by atoms with Gasteiger partial charge in [0.2, 0.25) is 18.5 Å². The molecule has 1 N–H and O–H groups in total. The summed E-state index contributed by atoms with van der Waals surface area (Å²) in [5.74, 6) is -0.460. The molecule has 3 rings (SSSR count). The van der Waals surface area contributed by atoms with E-state index in [0.717, 1.165) is 29.3 Å². The maximum absolute atomic E-state index is 11.4. The van der Waals surface area contributed by atoms with Crippen molar-refractivity contribution < 1.29 is 24.2 Å². The van der Waals surface area contributed by atoms with Crippen LogP contribution in [0.5, 0.6) is 0 Å². The van der Waals surface area contributed by atoms with E-state index in [4.69, 9.17) is 9.47 Å². The van der Waals surface area contributed by atoms with Gasteiger partial charge in [-0.15, -0.1) is 0 Å². The number of β-amino-alcohol motifs (C(OH)–C–C–N with tert-alkyl or cyclic N) is 1. The van der Waals surface area contributed by atoms with Gasteiger partial charge in [0.1, 0.15) is 5.02 Å². The molecular weight excluding hydrogens is 256 g/mol. The predicted molar refractivity (Wildman–Crippen MR) is 60.4 cm³/mol. The first-order chi connectivity index (χ1) is 9.15. The SMILES string of the molecule is O=C1CCC(=O)N1COn1on1N1CCCC(O)C1. The summed E-state index contributed by atoms with van der Waals surface area (Å²) in [6.45, 7) is 1.09. The second-order valence-corrected chi connectivity index (χ2v) is 4.75. The minimum atomic E-state index is -0.374. The number of nitrogens with zero attached hydrogens (tertiary/aromatic N) is 4. The quantitative estimate of drug-likeness (QED) is 0.671. The highest BCUT2D eigenvalue weighted by molar-refractivity contribution is 6.01. The zero-order chi connectivity index (χ0) is 13.4. The third-order valence-corrected chi connectivity index (χ3v) is 3.33. The smallest absolute Gasteiger partial charge is 0.232 e.